The average Bonchev–Trinajstić information content (AvgIpc) is 2.73. The number of imidazole rings is 1. The number of fused-ring (bicyclic) bond motifs is 1. The van der Waals surface area contributed by atoms with Crippen molar-refractivity contribution in [3.63, 3.8) is 0 Å². The van der Waals surface area contributed by atoms with Gasteiger partial charge in [-0.05, 0) is 36.8 Å². The molecule has 1 amide bonds. The van der Waals surface area contributed by atoms with Crippen molar-refractivity contribution >= 4 is 22.6 Å². The van der Waals surface area contributed by atoms with Crippen molar-refractivity contribution in [2.45, 2.75) is 6.92 Å². The van der Waals surface area contributed by atoms with Crippen molar-refractivity contribution in [3.05, 3.63) is 64.1 Å². The number of anilines is 1. The first-order valence-electron chi connectivity index (χ1n) is 7.01. The van der Waals surface area contributed by atoms with E-state index in [2.05, 4.69) is 5.32 Å². The Kier molecular flexibility index (Phi) is 3.33. The molecule has 0 aliphatic heterocycles. The van der Waals surface area contributed by atoms with Gasteiger partial charge >= 0.3 is 5.69 Å². The number of rotatable bonds is 2. The summed E-state index contributed by atoms with van der Waals surface area (Å²) in [5.74, 6) is -0.163. The topological polar surface area (TPSA) is 56.0 Å². The van der Waals surface area contributed by atoms with Gasteiger partial charge in [0.15, 0.2) is 0 Å². The van der Waals surface area contributed by atoms with Gasteiger partial charge in [0.1, 0.15) is 0 Å². The Balaban J connectivity index is 2.05. The van der Waals surface area contributed by atoms with Crippen LogP contribution in [0.1, 0.15) is 15.9 Å². The molecule has 1 N–H and O–H groups in total. The third-order valence-electron chi connectivity index (χ3n) is 3.90. The van der Waals surface area contributed by atoms with Gasteiger partial charge in [-0.15, -0.1) is 0 Å². The second kappa shape index (κ2) is 5.18. The van der Waals surface area contributed by atoms with Crippen molar-refractivity contribution in [1.82, 2.24) is 9.13 Å². The minimum atomic E-state index is -0.163. The zero-order valence-corrected chi connectivity index (χ0v) is 12.8. The van der Waals surface area contributed by atoms with E-state index in [0.717, 1.165) is 16.6 Å². The molecule has 112 valence electrons. The molecule has 0 spiro atoms. The van der Waals surface area contributed by atoms with Gasteiger partial charge in [0.05, 0.1) is 11.0 Å². The summed E-state index contributed by atoms with van der Waals surface area (Å²) in [5.41, 5.74) is 3.79. The molecule has 0 saturated heterocycles. The molecule has 0 fully saturated rings. The maximum absolute atomic E-state index is 12.3. The van der Waals surface area contributed by atoms with Crippen LogP contribution < -0.4 is 11.0 Å². The summed E-state index contributed by atoms with van der Waals surface area (Å²) in [6.07, 6.45) is 0. The van der Waals surface area contributed by atoms with E-state index < -0.39 is 0 Å². The Morgan fingerprint density at radius 2 is 1.59 bits per heavy atom. The molecule has 5 heteroatoms. The molecule has 2 aromatic carbocycles. The maximum atomic E-state index is 12.3. The predicted molar refractivity (Wildman–Crippen MR) is 87.3 cm³/mol. The van der Waals surface area contributed by atoms with Crippen LogP contribution in [0.5, 0.6) is 0 Å². The molecular formula is C17H17N3O2. The van der Waals surface area contributed by atoms with Crippen molar-refractivity contribution in [3.8, 4) is 0 Å². The Morgan fingerprint density at radius 1 is 1.00 bits per heavy atom. The summed E-state index contributed by atoms with van der Waals surface area (Å²) in [4.78, 5) is 24.3. The molecule has 0 aliphatic carbocycles. The van der Waals surface area contributed by atoms with E-state index in [9.17, 15) is 9.59 Å². The third-order valence-corrected chi connectivity index (χ3v) is 3.90. The fraction of sp³-hybridized carbons (Fsp3) is 0.176. The largest absolute Gasteiger partial charge is 0.328 e. The van der Waals surface area contributed by atoms with Crippen LogP contribution in [0.15, 0.2) is 47.3 Å². The Hall–Kier alpha value is -2.82. The van der Waals surface area contributed by atoms with E-state index >= 15 is 0 Å². The van der Waals surface area contributed by atoms with Crippen LogP contribution in [0.3, 0.4) is 0 Å². The fourth-order valence-electron chi connectivity index (χ4n) is 2.57. The lowest BCUT2D eigenvalue weighted by molar-refractivity contribution is 0.102. The number of amides is 1. The van der Waals surface area contributed by atoms with Gasteiger partial charge in [0.2, 0.25) is 0 Å². The quantitative estimate of drug-likeness (QED) is 0.789. The second-order valence-corrected chi connectivity index (χ2v) is 5.38. The first-order chi connectivity index (χ1) is 10.5. The van der Waals surface area contributed by atoms with Crippen LogP contribution in [0.2, 0.25) is 0 Å². The summed E-state index contributed by atoms with van der Waals surface area (Å²) in [7, 11) is 3.47. The average molecular weight is 295 g/mol. The minimum Gasteiger partial charge on any atom is -0.322 e. The van der Waals surface area contributed by atoms with Gasteiger partial charge in [-0.3, -0.25) is 13.9 Å². The Bertz CT molecular complexity index is 920. The third kappa shape index (κ3) is 2.20. The van der Waals surface area contributed by atoms with E-state index in [4.69, 9.17) is 0 Å². The highest BCUT2D eigenvalue weighted by Gasteiger charge is 2.12. The molecule has 0 atom stereocenters. The van der Waals surface area contributed by atoms with E-state index in [1.54, 1.807) is 35.4 Å². The molecular weight excluding hydrogens is 278 g/mol. The molecule has 0 aliphatic rings. The Morgan fingerprint density at radius 3 is 2.23 bits per heavy atom. The maximum Gasteiger partial charge on any atom is 0.328 e. The van der Waals surface area contributed by atoms with Gasteiger partial charge in [0.25, 0.3) is 5.91 Å². The SMILES string of the molecule is Cc1cc2c(cc1NC(=O)c1ccccc1)n(C)c(=O)n2C. The predicted octanol–water partition coefficient (Wildman–Crippen LogP) is 2.44. The highest BCUT2D eigenvalue weighted by Crippen LogP contribution is 2.23. The summed E-state index contributed by atoms with van der Waals surface area (Å²) >= 11 is 0. The highest BCUT2D eigenvalue weighted by molar-refractivity contribution is 6.05. The number of carbonyl (C=O) groups is 1. The Labute approximate surface area is 127 Å². The zero-order chi connectivity index (χ0) is 15.9. The first kappa shape index (κ1) is 14.1. The number of aryl methyl sites for hydroxylation is 3. The zero-order valence-electron chi connectivity index (χ0n) is 12.8. The number of carbonyl (C=O) groups excluding carboxylic acids is 1. The van der Waals surface area contributed by atoms with Crippen LogP contribution in [0.4, 0.5) is 5.69 Å². The van der Waals surface area contributed by atoms with Crippen LogP contribution in [-0.4, -0.2) is 15.0 Å². The van der Waals surface area contributed by atoms with Crippen LogP contribution in [-0.2, 0) is 14.1 Å². The minimum absolute atomic E-state index is 0.0825. The van der Waals surface area contributed by atoms with Crippen LogP contribution >= 0.6 is 0 Å². The molecule has 0 radical (unpaired) electrons. The number of nitrogens with one attached hydrogen (secondary N) is 1. The molecule has 0 bridgehead atoms. The van der Waals surface area contributed by atoms with E-state index in [1.807, 2.05) is 37.3 Å². The number of hydrogen-bond donors (Lipinski definition) is 1. The summed E-state index contributed by atoms with van der Waals surface area (Å²) in [6, 6.07) is 12.8. The summed E-state index contributed by atoms with van der Waals surface area (Å²) < 4.78 is 3.18. The molecule has 0 saturated carbocycles. The van der Waals surface area contributed by atoms with Crippen LogP contribution in [0, 0.1) is 6.92 Å². The van der Waals surface area contributed by atoms with Crippen LogP contribution in [0.25, 0.3) is 11.0 Å². The molecule has 3 aromatic rings. The first-order valence-corrected chi connectivity index (χ1v) is 7.01. The molecule has 1 aromatic heterocycles. The lowest BCUT2D eigenvalue weighted by Crippen LogP contribution is -2.19. The molecule has 0 unspecified atom stereocenters. The summed E-state index contributed by atoms with van der Waals surface area (Å²) in [6.45, 7) is 1.91. The van der Waals surface area contributed by atoms with Crippen molar-refractivity contribution in [2.24, 2.45) is 14.1 Å². The van der Waals surface area contributed by atoms with Gasteiger partial charge in [0, 0.05) is 25.3 Å². The lowest BCUT2D eigenvalue weighted by Gasteiger charge is -2.09. The highest BCUT2D eigenvalue weighted by atomic mass is 16.2. The van der Waals surface area contributed by atoms with E-state index in [0.29, 0.717) is 11.3 Å². The fourth-order valence-corrected chi connectivity index (χ4v) is 2.57. The molecule has 1 heterocycles. The van der Waals surface area contributed by atoms with Crippen molar-refractivity contribution in [2.75, 3.05) is 5.32 Å². The monoisotopic (exact) mass is 295 g/mol. The molecule has 3 rings (SSSR count). The lowest BCUT2D eigenvalue weighted by atomic mass is 10.1. The number of nitrogens with zero attached hydrogens (tertiary/aromatic N) is 2. The number of hydrogen-bond acceptors (Lipinski definition) is 2. The standard InChI is InChI=1S/C17H17N3O2/c1-11-9-14-15(20(3)17(22)19(14)2)10-13(11)18-16(21)12-7-5-4-6-8-12/h4-10H,1-3H3,(H,18,21). The second-order valence-electron chi connectivity index (χ2n) is 5.38. The van der Waals surface area contributed by atoms with Crippen molar-refractivity contribution in [1.29, 1.82) is 0 Å². The molecule has 22 heavy (non-hydrogen) atoms. The number of aromatic nitrogens is 2. The van der Waals surface area contributed by atoms with Gasteiger partial charge in [-0.25, -0.2) is 4.79 Å². The van der Waals surface area contributed by atoms with E-state index in [1.165, 1.54) is 0 Å². The smallest absolute Gasteiger partial charge is 0.322 e. The van der Waals surface area contributed by atoms with Gasteiger partial charge in [-0.2, -0.15) is 0 Å². The number of benzene rings is 2. The normalized spacial score (nSPS) is 10.9. The van der Waals surface area contributed by atoms with Gasteiger partial charge < -0.3 is 5.32 Å². The van der Waals surface area contributed by atoms with E-state index in [-0.39, 0.29) is 11.6 Å². The molecule has 5 nitrogen and oxygen atoms in total. The summed E-state index contributed by atoms with van der Waals surface area (Å²) in [5, 5.41) is 2.91. The van der Waals surface area contributed by atoms with Crippen molar-refractivity contribution < 1.29 is 4.79 Å². The van der Waals surface area contributed by atoms with Gasteiger partial charge in [-0.1, -0.05) is 18.2 Å².